The fourth-order valence-electron chi connectivity index (χ4n) is 3.17. The summed E-state index contributed by atoms with van der Waals surface area (Å²) >= 11 is 0. The summed E-state index contributed by atoms with van der Waals surface area (Å²) in [5.41, 5.74) is 1.70. The van der Waals surface area contributed by atoms with E-state index in [9.17, 15) is 44.5 Å². The third-order valence-corrected chi connectivity index (χ3v) is 5.15. The maximum atomic E-state index is 12.5. The molecule has 7 N–H and O–H groups in total. The number of nitrogen functional groups attached to an aromatic ring is 1. The molecular weight excluding hydrogens is 514 g/mol. The summed E-state index contributed by atoms with van der Waals surface area (Å²) in [4.78, 5) is 80.4. The van der Waals surface area contributed by atoms with Gasteiger partial charge in [0.15, 0.2) is 11.2 Å². The van der Waals surface area contributed by atoms with E-state index < -0.39 is 51.4 Å². The average Bonchev–Trinajstić information content (AvgIpc) is 2.84. The maximum Gasteiger partial charge on any atom is 0.555 e. The molecule has 19 heteroatoms. The van der Waals surface area contributed by atoms with Crippen LogP contribution in [0.3, 0.4) is 0 Å². The topological polar surface area (TPSA) is 300 Å². The van der Waals surface area contributed by atoms with Crippen LogP contribution < -0.4 is 21.9 Å². The molecule has 1 atom stereocenters. The Hall–Kier alpha value is -5.75. The average molecular weight is 531 g/mol. The molecule has 0 saturated carbocycles. The number of nitrogens with one attached hydrogen (secondary N) is 3. The van der Waals surface area contributed by atoms with Crippen LogP contribution in [0.25, 0.3) is 11.2 Å². The van der Waals surface area contributed by atoms with Gasteiger partial charge in [-0.2, -0.15) is 4.98 Å². The summed E-state index contributed by atoms with van der Waals surface area (Å²) in [7, 11) is 0. The van der Waals surface area contributed by atoms with Gasteiger partial charge in [0.05, 0.1) is 18.4 Å². The number of hydrogen-bond acceptors (Lipinski definition) is 13. The number of hydrogen-bond donors (Lipinski definition) is 6. The molecule has 0 fully saturated rings. The van der Waals surface area contributed by atoms with Crippen LogP contribution in [0.5, 0.6) is 0 Å². The van der Waals surface area contributed by atoms with Crippen LogP contribution in [0, 0.1) is 20.2 Å². The second-order valence-corrected chi connectivity index (χ2v) is 7.62. The molecule has 1 aromatic carbocycles. The van der Waals surface area contributed by atoms with Gasteiger partial charge in [0.2, 0.25) is 5.95 Å². The van der Waals surface area contributed by atoms with E-state index in [1.54, 1.807) is 0 Å². The number of rotatable bonds is 11. The Bertz CT molecular complexity index is 1470. The zero-order chi connectivity index (χ0) is 28.2. The Kier molecular flexibility index (Phi) is 7.40. The molecule has 0 saturated heterocycles. The van der Waals surface area contributed by atoms with Crippen LogP contribution >= 0.6 is 0 Å². The summed E-state index contributed by atoms with van der Waals surface area (Å²) in [5, 5.41) is 45.5. The highest BCUT2D eigenvalue weighted by Crippen LogP contribution is 2.20. The third-order valence-electron chi connectivity index (χ3n) is 5.15. The van der Waals surface area contributed by atoms with Gasteiger partial charge in [0.25, 0.3) is 11.5 Å². The van der Waals surface area contributed by atoms with Crippen LogP contribution in [0.15, 0.2) is 35.3 Å². The number of fused-ring (bicyclic) bond motifs is 1. The summed E-state index contributed by atoms with van der Waals surface area (Å²) in [6.45, 7) is 0.0957. The van der Waals surface area contributed by atoms with Crippen molar-refractivity contribution >= 4 is 40.6 Å². The Morgan fingerprint density at radius 1 is 1.11 bits per heavy atom. The van der Waals surface area contributed by atoms with E-state index in [1.165, 1.54) is 30.5 Å². The van der Waals surface area contributed by atoms with Crippen LogP contribution in [0.4, 0.5) is 11.6 Å². The number of nitrogens with zero attached hydrogens (tertiary/aromatic N) is 5. The number of amides is 1. The number of nitrogens with two attached hydrogens (primary N) is 1. The first kappa shape index (κ1) is 26.8. The first-order valence-corrected chi connectivity index (χ1v) is 10.3. The van der Waals surface area contributed by atoms with Crippen molar-refractivity contribution in [2.24, 2.45) is 0 Å². The lowest BCUT2D eigenvalue weighted by atomic mass is 10.0. The monoisotopic (exact) mass is 531 g/mol. The van der Waals surface area contributed by atoms with E-state index in [1.807, 2.05) is 5.32 Å². The van der Waals surface area contributed by atoms with Crippen LogP contribution in [0.1, 0.15) is 22.5 Å². The van der Waals surface area contributed by atoms with Gasteiger partial charge in [0, 0.05) is 11.3 Å². The molecule has 3 aromatic rings. The van der Waals surface area contributed by atoms with Crippen molar-refractivity contribution in [3.8, 4) is 0 Å². The molecule has 3 rings (SSSR count). The Morgan fingerprint density at radius 3 is 2.29 bits per heavy atom. The predicted octanol–water partition coefficient (Wildman–Crippen LogP) is -1.19. The zero-order valence-electron chi connectivity index (χ0n) is 18.9. The zero-order valence-corrected chi connectivity index (χ0v) is 18.9. The SMILES string of the molecule is Nc1nc2ncc(CNc3ccc(C(=O)N[C@@H](CC(C(=O)O)([N+](=O)[O-])[N+](=O)[O-])C(=O)O)cc3)nc2c(=O)[nH]1. The minimum Gasteiger partial charge on any atom is -0.480 e. The lowest BCUT2D eigenvalue weighted by molar-refractivity contribution is -0.779. The molecule has 2 heterocycles. The Morgan fingerprint density at radius 2 is 1.74 bits per heavy atom. The first-order valence-electron chi connectivity index (χ1n) is 10.3. The van der Waals surface area contributed by atoms with Crippen molar-refractivity contribution in [1.82, 2.24) is 25.3 Å². The number of carbonyl (C=O) groups excluding carboxylic acids is 1. The van der Waals surface area contributed by atoms with E-state index in [2.05, 4.69) is 25.3 Å². The number of carboxylic acid groups (broad SMARTS) is 2. The van der Waals surface area contributed by atoms with Gasteiger partial charge in [-0.25, -0.2) is 19.6 Å². The number of benzene rings is 1. The van der Waals surface area contributed by atoms with Crippen molar-refractivity contribution < 1.29 is 34.4 Å². The molecule has 0 radical (unpaired) electrons. The number of carbonyl (C=O) groups is 3. The maximum absolute atomic E-state index is 12.5. The van der Waals surface area contributed by atoms with Gasteiger partial charge >= 0.3 is 17.6 Å². The molecule has 0 aliphatic carbocycles. The predicted molar refractivity (Wildman–Crippen MR) is 124 cm³/mol. The molecule has 1 amide bonds. The van der Waals surface area contributed by atoms with Gasteiger partial charge in [-0.05, 0) is 24.3 Å². The minimum atomic E-state index is -3.89. The summed E-state index contributed by atoms with van der Waals surface area (Å²) in [6.07, 6.45) is -0.289. The molecule has 2 aromatic heterocycles. The quantitative estimate of drug-likeness (QED) is 0.0963. The number of H-pyrrole nitrogens is 1. The summed E-state index contributed by atoms with van der Waals surface area (Å²) < 4.78 is 0. The van der Waals surface area contributed by atoms with Crippen LogP contribution in [-0.4, -0.2) is 69.5 Å². The summed E-state index contributed by atoms with van der Waals surface area (Å²) in [6, 6.07) is 3.02. The second-order valence-electron chi connectivity index (χ2n) is 7.62. The van der Waals surface area contributed by atoms with Gasteiger partial charge < -0.3 is 26.6 Å². The van der Waals surface area contributed by atoms with Crippen LogP contribution in [-0.2, 0) is 16.1 Å². The number of anilines is 2. The molecule has 0 aliphatic rings. The van der Waals surface area contributed by atoms with E-state index in [0.29, 0.717) is 11.4 Å². The normalized spacial score (nSPS) is 11.9. The third kappa shape index (κ3) is 5.40. The lowest BCUT2D eigenvalue weighted by Gasteiger charge is -2.18. The van der Waals surface area contributed by atoms with Crippen molar-refractivity contribution in [2.45, 2.75) is 24.7 Å². The van der Waals surface area contributed by atoms with Gasteiger partial charge in [0.1, 0.15) is 22.3 Å². The van der Waals surface area contributed by atoms with Gasteiger partial charge in [-0.15, -0.1) is 0 Å². The number of aromatic nitrogens is 4. The second kappa shape index (κ2) is 10.5. The van der Waals surface area contributed by atoms with Crippen LogP contribution in [0.2, 0.25) is 0 Å². The van der Waals surface area contributed by atoms with Crippen molar-refractivity contribution in [3.05, 3.63) is 72.3 Å². The fraction of sp³-hybridized carbons (Fsp3) is 0.211. The smallest absolute Gasteiger partial charge is 0.480 e. The van der Waals surface area contributed by atoms with E-state index in [4.69, 9.17) is 10.8 Å². The van der Waals surface area contributed by atoms with E-state index in [-0.39, 0.29) is 29.2 Å². The van der Waals surface area contributed by atoms with Gasteiger partial charge in [-0.1, -0.05) is 0 Å². The molecule has 198 valence electrons. The highest BCUT2D eigenvalue weighted by molar-refractivity contribution is 5.97. The van der Waals surface area contributed by atoms with Crippen molar-refractivity contribution in [3.63, 3.8) is 0 Å². The molecule has 0 aliphatic heterocycles. The van der Waals surface area contributed by atoms with E-state index in [0.717, 1.165) is 0 Å². The molecule has 19 nitrogen and oxygen atoms in total. The molecule has 0 spiro atoms. The fourth-order valence-corrected chi connectivity index (χ4v) is 3.17. The minimum absolute atomic E-state index is 0.0282. The Balaban J connectivity index is 1.70. The highest BCUT2D eigenvalue weighted by atomic mass is 16.7. The number of aromatic amines is 1. The standard InChI is InChI=1S/C19H17N9O10/c20-18-25-13-12(15(30)26-18)23-10(7-22-13)6-21-9-3-1-8(2-4-9)14(29)24-11(16(31)32)5-19(17(33)34,27(35)36)28(37)38/h1-4,7,11,21H,5-6H2,(H,24,29)(H,31,32)(H,33,34)(H3,20,22,25,26,30)/t11-/m0/s1. The summed E-state index contributed by atoms with van der Waals surface area (Å²) in [5.74, 6) is -5.61. The lowest BCUT2D eigenvalue weighted by Crippen LogP contribution is -2.58. The number of aliphatic carboxylic acids is 2. The molecular formula is C19H17N9O10. The highest BCUT2D eigenvalue weighted by Gasteiger charge is 2.66. The number of nitro groups is 2. The van der Waals surface area contributed by atoms with Gasteiger partial charge in [-0.3, -0.25) is 34.8 Å². The molecule has 38 heavy (non-hydrogen) atoms. The van der Waals surface area contributed by atoms with Crippen molar-refractivity contribution in [1.29, 1.82) is 0 Å². The van der Waals surface area contributed by atoms with E-state index >= 15 is 0 Å². The molecule has 0 unspecified atom stereocenters. The number of carboxylic acids is 2. The largest absolute Gasteiger partial charge is 0.555 e. The Labute approximate surface area is 209 Å². The first-order chi connectivity index (χ1) is 17.8. The van der Waals surface area contributed by atoms with Crippen molar-refractivity contribution in [2.75, 3.05) is 11.1 Å². The molecule has 0 bridgehead atoms.